The number of nitriles is 1. The van der Waals surface area contributed by atoms with Gasteiger partial charge in [0.2, 0.25) is 5.89 Å². The molecule has 0 saturated carbocycles. The fourth-order valence-electron chi connectivity index (χ4n) is 0.888. The molecule has 0 spiro atoms. The first-order chi connectivity index (χ1) is 6.22. The van der Waals surface area contributed by atoms with Crippen LogP contribution in [0.4, 0.5) is 0 Å². The second kappa shape index (κ2) is 4.58. The van der Waals surface area contributed by atoms with Crippen LogP contribution in [0.1, 0.15) is 25.1 Å². The zero-order valence-corrected chi connectivity index (χ0v) is 7.74. The summed E-state index contributed by atoms with van der Waals surface area (Å²) >= 11 is 0. The molecule has 0 saturated heterocycles. The summed E-state index contributed by atoms with van der Waals surface area (Å²) < 4.78 is 4.79. The van der Waals surface area contributed by atoms with E-state index in [1.165, 1.54) is 0 Å². The summed E-state index contributed by atoms with van der Waals surface area (Å²) in [7, 11) is 0. The minimum absolute atomic E-state index is 0.156. The van der Waals surface area contributed by atoms with E-state index in [0.29, 0.717) is 24.7 Å². The van der Waals surface area contributed by atoms with Crippen molar-refractivity contribution in [1.29, 1.82) is 5.26 Å². The van der Waals surface area contributed by atoms with Gasteiger partial charge in [-0.1, -0.05) is 5.16 Å². The third-order valence-corrected chi connectivity index (χ3v) is 1.58. The highest BCUT2D eigenvalue weighted by Crippen LogP contribution is 1.96. The van der Waals surface area contributed by atoms with Crippen molar-refractivity contribution < 1.29 is 4.52 Å². The van der Waals surface area contributed by atoms with Gasteiger partial charge in [-0.05, 0) is 6.92 Å². The second-order valence-electron chi connectivity index (χ2n) is 2.87. The van der Waals surface area contributed by atoms with Crippen molar-refractivity contribution in [2.45, 2.75) is 32.9 Å². The molecule has 1 unspecified atom stereocenters. The summed E-state index contributed by atoms with van der Waals surface area (Å²) in [5, 5.41) is 15.2. The molecule has 1 N–H and O–H groups in total. The number of aryl methyl sites for hydroxylation is 1. The molecule has 5 nitrogen and oxygen atoms in total. The van der Waals surface area contributed by atoms with Gasteiger partial charge in [-0.25, -0.2) is 0 Å². The highest BCUT2D eigenvalue weighted by atomic mass is 16.5. The van der Waals surface area contributed by atoms with Crippen molar-refractivity contribution in [3.05, 3.63) is 11.7 Å². The Morgan fingerprint density at radius 1 is 1.69 bits per heavy atom. The third kappa shape index (κ3) is 3.22. The molecule has 0 aliphatic rings. The number of hydrogen-bond acceptors (Lipinski definition) is 5. The van der Waals surface area contributed by atoms with E-state index in [2.05, 4.69) is 21.5 Å². The maximum absolute atomic E-state index is 8.40. The van der Waals surface area contributed by atoms with Crippen LogP contribution in [0.3, 0.4) is 0 Å². The number of hydrogen-bond donors (Lipinski definition) is 1. The molecule has 1 heterocycles. The highest BCUT2D eigenvalue weighted by molar-refractivity contribution is 4.85. The van der Waals surface area contributed by atoms with Gasteiger partial charge in [-0.2, -0.15) is 10.2 Å². The predicted octanol–water partition coefficient (Wildman–Crippen LogP) is 0.770. The van der Waals surface area contributed by atoms with Gasteiger partial charge in [0.05, 0.1) is 19.0 Å². The zero-order valence-electron chi connectivity index (χ0n) is 7.74. The molecule has 0 fully saturated rings. The number of nitrogens with one attached hydrogen (secondary N) is 1. The van der Waals surface area contributed by atoms with Gasteiger partial charge >= 0.3 is 0 Å². The summed E-state index contributed by atoms with van der Waals surface area (Å²) in [6.07, 6.45) is 0.483. The quantitative estimate of drug-likeness (QED) is 0.740. The summed E-state index contributed by atoms with van der Waals surface area (Å²) in [6, 6.07) is 2.24. The van der Waals surface area contributed by atoms with E-state index >= 15 is 0 Å². The van der Waals surface area contributed by atoms with Crippen LogP contribution in [-0.4, -0.2) is 16.2 Å². The van der Waals surface area contributed by atoms with Crippen molar-refractivity contribution >= 4 is 0 Å². The third-order valence-electron chi connectivity index (χ3n) is 1.58. The molecule has 1 aromatic rings. The molecule has 0 aromatic carbocycles. The Bertz CT molecular complexity index is 301. The topological polar surface area (TPSA) is 74.7 Å². The standard InChI is InChI=1S/C8H12N4O/c1-6(3-4-9)10-5-8-11-7(2)13-12-8/h6,10H,3,5H2,1-2H3. The Morgan fingerprint density at radius 2 is 2.46 bits per heavy atom. The Kier molecular flexibility index (Phi) is 3.41. The lowest BCUT2D eigenvalue weighted by Crippen LogP contribution is -2.25. The van der Waals surface area contributed by atoms with E-state index in [0.717, 1.165) is 0 Å². The van der Waals surface area contributed by atoms with Crippen LogP contribution in [-0.2, 0) is 6.54 Å². The monoisotopic (exact) mass is 180 g/mol. The number of aromatic nitrogens is 2. The van der Waals surface area contributed by atoms with E-state index in [1.807, 2.05) is 6.92 Å². The summed E-state index contributed by atoms with van der Waals surface area (Å²) in [6.45, 7) is 4.23. The van der Waals surface area contributed by atoms with Crippen LogP contribution < -0.4 is 5.32 Å². The summed E-state index contributed by atoms with van der Waals surface area (Å²) in [5.41, 5.74) is 0. The summed E-state index contributed by atoms with van der Waals surface area (Å²) in [5.74, 6) is 1.19. The molecule has 13 heavy (non-hydrogen) atoms. The largest absolute Gasteiger partial charge is 0.340 e. The second-order valence-corrected chi connectivity index (χ2v) is 2.87. The van der Waals surface area contributed by atoms with Gasteiger partial charge in [0.25, 0.3) is 0 Å². The van der Waals surface area contributed by atoms with Crippen molar-refractivity contribution in [3.63, 3.8) is 0 Å². The molecular weight excluding hydrogens is 168 g/mol. The number of rotatable bonds is 4. The molecule has 0 bridgehead atoms. The fraction of sp³-hybridized carbons (Fsp3) is 0.625. The van der Waals surface area contributed by atoms with Gasteiger partial charge < -0.3 is 9.84 Å². The predicted molar refractivity (Wildman–Crippen MR) is 45.6 cm³/mol. The normalized spacial score (nSPS) is 12.4. The molecule has 0 aliphatic heterocycles. The van der Waals surface area contributed by atoms with E-state index in [9.17, 15) is 0 Å². The number of nitrogens with zero attached hydrogens (tertiary/aromatic N) is 3. The molecule has 0 radical (unpaired) electrons. The van der Waals surface area contributed by atoms with Crippen LogP contribution in [0.15, 0.2) is 4.52 Å². The van der Waals surface area contributed by atoms with Crippen LogP contribution >= 0.6 is 0 Å². The Labute approximate surface area is 76.7 Å². The van der Waals surface area contributed by atoms with E-state index in [4.69, 9.17) is 9.78 Å². The van der Waals surface area contributed by atoms with Gasteiger partial charge in [0.1, 0.15) is 0 Å². The van der Waals surface area contributed by atoms with Crippen LogP contribution in [0.25, 0.3) is 0 Å². The summed E-state index contributed by atoms with van der Waals surface area (Å²) in [4.78, 5) is 4.02. The molecule has 1 rings (SSSR count). The zero-order chi connectivity index (χ0) is 9.68. The highest BCUT2D eigenvalue weighted by Gasteiger charge is 2.04. The van der Waals surface area contributed by atoms with Crippen LogP contribution in [0.2, 0.25) is 0 Å². The average molecular weight is 180 g/mol. The van der Waals surface area contributed by atoms with E-state index < -0.39 is 0 Å². The van der Waals surface area contributed by atoms with Crippen molar-refractivity contribution in [1.82, 2.24) is 15.5 Å². The first-order valence-electron chi connectivity index (χ1n) is 4.12. The molecule has 1 aromatic heterocycles. The van der Waals surface area contributed by atoms with Crippen LogP contribution in [0, 0.1) is 18.3 Å². The lowest BCUT2D eigenvalue weighted by molar-refractivity contribution is 0.384. The minimum Gasteiger partial charge on any atom is -0.340 e. The van der Waals surface area contributed by atoms with Gasteiger partial charge in [0.15, 0.2) is 5.82 Å². The lowest BCUT2D eigenvalue weighted by Gasteiger charge is -2.06. The molecule has 0 amide bonds. The first-order valence-corrected chi connectivity index (χ1v) is 4.12. The van der Waals surface area contributed by atoms with E-state index in [-0.39, 0.29) is 6.04 Å². The first kappa shape index (κ1) is 9.68. The maximum Gasteiger partial charge on any atom is 0.223 e. The Morgan fingerprint density at radius 3 is 3.00 bits per heavy atom. The average Bonchev–Trinajstić information content (AvgIpc) is 2.49. The van der Waals surface area contributed by atoms with Crippen molar-refractivity contribution in [3.8, 4) is 6.07 Å². The van der Waals surface area contributed by atoms with Gasteiger partial charge in [-0.3, -0.25) is 0 Å². The minimum atomic E-state index is 0.156. The fourth-order valence-corrected chi connectivity index (χ4v) is 0.888. The van der Waals surface area contributed by atoms with Gasteiger partial charge in [0, 0.05) is 13.0 Å². The van der Waals surface area contributed by atoms with Crippen molar-refractivity contribution in [2.75, 3.05) is 0 Å². The smallest absolute Gasteiger partial charge is 0.223 e. The van der Waals surface area contributed by atoms with Crippen LogP contribution in [0.5, 0.6) is 0 Å². The van der Waals surface area contributed by atoms with Crippen molar-refractivity contribution in [2.24, 2.45) is 0 Å². The molecule has 0 aliphatic carbocycles. The Balaban J connectivity index is 2.31. The Hall–Kier alpha value is -1.41. The van der Waals surface area contributed by atoms with Gasteiger partial charge in [-0.15, -0.1) is 0 Å². The molecular formula is C8H12N4O. The maximum atomic E-state index is 8.40. The SMILES string of the molecule is Cc1nc(CNC(C)CC#N)no1. The molecule has 5 heteroatoms. The molecule has 70 valence electrons. The lowest BCUT2D eigenvalue weighted by atomic mass is 10.2. The van der Waals surface area contributed by atoms with E-state index in [1.54, 1.807) is 6.92 Å². The molecule has 1 atom stereocenters.